The zero-order chi connectivity index (χ0) is 13.1. The molecule has 1 aromatic carbocycles. The van der Waals surface area contributed by atoms with E-state index in [4.69, 9.17) is 0 Å². The fraction of sp³-hybridized carbons (Fsp3) is 0.333. The number of benzene rings is 1. The van der Waals surface area contributed by atoms with Gasteiger partial charge in [0.05, 0.1) is 17.1 Å². The van der Waals surface area contributed by atoms with Gasteiger partial charge in [0.1, 0.15) is 5.82 Å². The van der Waals surface area contributed by atoms with E-state index in [-0.39, 0.29) is 0 Å². The number of pyridine rings is 1. The lowest BCUT2D eigenvalue weighted by Gasteiger charge is -2.08. The normalized spacial score (nSPS) is 14.3. The van der Waals surface area contributed by atoms with Crippen LogP contribution < -0.4 is 10.6 Å². The van der Waals surface area contributed by atoms with Gasteiger partial charge in [0, 0.05) is 24.5 Å². The van der Waals surface area contributed by atoms with E-state index >= 15 is 0 Å². The van der Waals surface area contributed by atoms with E-state index in [1.54, 1.807) is 0 Å². The Balaban J connectivity index is 1.73. The van der Waals surface area contributed by atoms with E-state index in [2.05, 4.69) is 21.7 Å². The summed E-state index contributed by atoms with van der Waals surface area (Å²) in [4.78, 5) is 4.53. The zero-order valence-electron chi connectivity index (χ0n) is 10.7. The Labute approximate surface area is 112 Å². The number of hydrogen-bond donors (Lipinski definition) is 2. The fourth-order valence-electron chi connectivity index (χ4n) is 2.11. The number of nitriles is 1. The molecule has 0 bridgehead atoms. The van der Waals surface area contributed by atoms with Gasteiger partial charge in [-0.25, -0.2) is 4.98 Å². The Hall–Kier alpha value is -2.12. The maximum atomic E-state index is 9.19. The summed E-state index contributed by atoms with van der Waals surface area (Å²) >= 11 is 0. The standard InChI is InChI=1S/C15H16N4/c16-10-11-9-15(18-8-7-17-12-5-6-12)19-14-4-2-1-3-13(11)14/h1-4,9,12,17H,5-8H2,(H,18,19). The van der Waals surface area contributed by atoms with Crippen molar-refractivity contribution in [1.29, 1.82) is 5.26 Å². The molecule has 0 saturated heterocycles. The molecule has 2 N–H and O–H groups in total. The Morgan fingerprint density at radius 3 is 2.89 bits per heavy atom. The highest BCUT2D eigenvalue weighted by molar-refractivity contribution is 5.86. The van der Waals surface area contributed by atoms with Gasteiger partial charge in [0.2, 0.25) is 0 Å². The summed E-state index contributed by atoms with van der Waals surface area (Å²) < 4.78 is 0. The Bertz CT molecular complexity index is 626. The number of para-hydroxylation sites is 1. The van der Waals surface area contributed by atoms with Gasteiger partial charge >= 0.3 is 0 Å². The number of fused-ring (bicyclic) bond motifs is 1. The van der Waals surface area contributed by atoms with Crippen LogP contribution in [0.3, 0.4) is 0 Å². The van der Waals surface area contributed by atoms with Crippen LogP contribution in [0.25, 0.3) is 10.9 Å². The van der Waals surface area contributed by atoms with Gasteiger partial charge in [-0.3, -0.25) is 0 Å². The molecule has 1 heterocycles. The van der Waals surface area contributed by atoms with Crippen molar-refractivity contribution < 1.29 is 0 Å². The van der Waals surface area contributed by atoms with Crippen molar-refractivity contribution in [3.05, 3.63) is 35.9 Å². The second-order valence-corrected chi connectivity index (χ2v) is 4.84. The fourth-order valence-corrected chi connectivity index (χ4v) is 2.11. The van der Waals surface area contributed by atoms with Gasteiger partial charge in [0.25, 0.3) is 0 Å². The first-order valence-corrected chi connectivity index (χ1v) is 6.64. The van der Waals surface area contributed by atoms with Gasteiger partial charge in [-0.15, -0.1) is 0 Å². The first kappa shape index (κ1) is 11.9. The molecule has 0 spiro atoms. The molecule has 0 atom stereocenters. The highest BCUT2D eigenvalue weighted by Gasteiger charge is 2.19. The topological polar surface area (TPSA) is 60.7 Å². The molecule has 1 aromatic heterocycles. The third kappa shape index (κ3) is 2.83. The molecule has 1 aliphatic rings. The van der Waals surface area contributed by atoms with Crippen LogP contribution in [-0.2, 0) is 0 Å². The molecule has 0 amide bonds. The largest absolute Gasteiger partial charge is 0.369 e. The molecule has 1 fully saturated rings. The highest BCUT2D eigenvalue weighted by atomic mass is 15.0. The van der Waals surface area contributed by atoms with Crippen molar-refractivity contribution in [3.63, 3.8) is 0 Å². The van der Waals surface area contributed by atoms with Crippen LogP contribution in [0.2, 0.25) is 0 Å². The summed E-state index contributed by atoms with van der Waals surface area (Å²) in [6.07, 6.45) is 2.60. The highest BCUT2D eigenvalue weighted by Crippen LogP contribution is 2.20. The zero-order valence-corrected chi connectivity index (χ0v) is 10.7. The van der Waals surface area contributed by atoms with E-state index in [0.717, 1.165) is 35.9 Å². The molecular weight excluding hydrogens is 236 g/mol. The minimum atomic E-state index is 0.670. The second kappa shape index (κ2) is 5.25. The minimum Gasteiger partial charge on any atom is -0.369 e. The van der Waals surface area contributed by atoms with E-state index in [1.807, 2.05) is 30.3 Å². The van der Waals surface area contributed by atoms with Gasteiger partial charge in [-0.2, -0.15) is 5.26 Å². The molecule has 96 valence electrons. The molecular formula is C15H16N4. The van der Waals surface area contributed by atoms with Gasteiger partial charge in [0.15, 0.2) is 0 Å². The van der Waals surface area contributed by atoms with Crippen LogP contribution >= 0.6 is 0 Å². The maximum absolute atomic E-state index is 9.19. The Morgan fingerprint density at radius 2 is 2.11 bits per heavy atom. The molecule has 0 unspecified atom stereocenters. The average Bonchev–Trinajstić information content (AvgIpc) is 3.27. The lowest BCUT2D eigenvalue weighted by molar-refractivity contribution is 0.701. The summed E-state index contributed by atoms with van der Waals surface area (Å²) in [5.41, 5.74) is 1.53. The van der Waals surface area contributed by atoms with Crippen molar-refractivity contribution in [2.75, 3.05) is 18.4 Å². The van der Waals surface area contributed by atoms with E-state index < -0.39 is 0 Å². The van der Waals surface area contributed by atoms with E-state index in [9.17, 15) is 5.26 Å². The number of rotatable bonds is 5. The van der Waals surface area contributed by atoms with Gasteiger partial charge < -0.3 is 10.6 Å². The SMILES string of the molecule is N#Cc1cc(NCCNC2CC2)nc2ccccc12. The monoisotopic (exact) mass is 252 g/mol. The van der Waals surface area contributed by atoms with Crippen molar-refractivity contribution in [2.45, 2.75) is 18.9 Å². The predicted octanol–water partition coefficient (Wildman–Crippen LogP) is 2.27. The summed E-state index contributed by atoms with van der Waals surface area (Å²) in [6.45, 7) is 1.76. The molecule has 4 heteroatoms. The first-order chi connectivity index (χ1) is 9.36. The average molecular weight is 252 g/mol. The lowest BCUT2D eigenvalue weighted by atomic mass is 10.1. The predicted molar refractivity (Wildman–Crippen MR) is 76.0 cm³/mol. The van der Waals surface area contributed by atoms with Crippen molar-refractivity contribution in [2.24, 2.45) is 0 Å². The lowest BCUT2D eigenvalue weighted by Crippen LogP contribution is -2.24. The number of nitrogens with one attached hydrogen (secondary N) is 2. The second-order valence-electron chi connectivity index (χ2n) is 4.84. The van der Waals surface area contributed by atoms with Crippen LogP contribution in [0.4, 0.5) is 5.82 Å². The van der Waals surface area contributed by atoms with Crippen molar-refractivity contribution in [1.82, 2.24) is 10.3 Å². The summed E-state index contributed by atoms with van der Waals surface area (Å²) in [5.74, 6) is 0.771. The molecule has 0 aliphatic heterocycles. The van der Waals surface area contributed by atoms with Crippen LogP contribution in [0.5, 0.6) is 0 Å². The number of anilines is 1. The Kier molecular flexibility index (Phi) is 3.30. The molecule has 1 aliphatic carbocycles. The summed E-state index contributed by atoms with van der Waals surface area (Å²) in [7, 11) is 0. The third-order valence-electron chi connectivity index (χ3n) is 3.28. The minimum absolute atomic E-state index is 0.670. The molecule has 4 nitrogen and oxygen atoms in total. The van der Waals surface area contributed by atoms with Gasteiger partial charge in [-0.1, -0.05) is 18.2 Å². The van der Waals surface area contributed by atoms with Crippen molar-refractivity contribution >= 4 is 16.7 Å². The molecule has 3 rings (SSSR count). The number of nitrogens with zero attached hydrogens (tertiary/aromatic N) is 2. The Morgan fingerprint density at radius 1 is 1.26 bits per heavy atom. The number of aromatic nitrogens is 1. The molecule has 0 radical (unpaired) electrons. The van der Waals surface area contributed by atoms with Crippen LogP contribution in [0.15, 0.2) is 30.3 Å². The first-order valence-electron chi connectivity index (χ1n) is 6.64. The molecule has 19 heavy (non-hydrogen) atoms. The van der Waals surface area contributed by atoms with Crippen LogP contribution in [0, 0.1) is 11.3 Å². The summed E-state index contributed by atoms with van der Waals surface area (Å²) in [6, 6.07) is 12.5. The summed E-state index contributed by atoms with van der Waals surface area (Å²) in [5, 5.41) is 16.8. The molecule has 1 saturated carbocycles. The van der Waals surface area contributed by atoms with Crippen LogP contribution in [0.1, 0.15) is 18.4 Å². The third-order valence-corrected chi connectivity index (χ3v) is 3.28. The van der Waals surface area contributed by atoms with E-state index in [0.29, 0.717) is 5.56 Å². The van der Waals surface area contributed by atoms with Crippen LogP contribution in [-0.4, -0.2) is 24.1 Å². The van der Waals surface area contributed by atoms with Gasteiger partial charge in [-0.05, 0) is 25.0 Å². The molecule has 2 aromatic rings. The number of hydrogen-bond acceptors (Lipinski definition) is 4. The quantitative estimate of drug-likeness (QED) is 0.801. The van der Waals surface area contributed by atoms with E-state index in [1.165, 1.54) is 12.8 Å². The van der Waals surface area contributed by atoms with Crippen molar-refractivity contribution in [3.8, 4) is 6.07 Å². The maximum Gasteiger partial charge on any atom is 0.128 e. The smallest absolute Gasteiger partial charge is 0.128 e.